The maximum Gasteiger partial charge on any atom is 0.234 e. The van der Waals surface area contributed by atoms with E-state index in [1.807, 2.05) is 166 Å². The molecule has 4 aliphatic rings. The van der Waals surface area contributed by atoms with E-state index in [0.29, 0.717) is 51.4 Å². The van der Waals surface area contributed by atoms with Crippen molar-refractivity contribution in [2.75, 3.05) is 0 Å². The van der Waals surface area contributed by atoms with Crippen molar-refractivity contribution in [3.8, 4) is 0 Å². The van der Waals surface area contributed by atoms with Crippen LogP contribution in [0, 0.1) is 23.7 Å². The molecule has 0 aromatic carbocycles. The predicted octanol–water partition coefficient (Wildman–Crippen LogP) is 16.8. The molecule has 0 atom stereocenters. The van der Waals surface area contributed by atoms with E-state index in [1.165, 1.54) is 0 Å². The smallest absolute Gasteiger partial charge is 0.233 e. The number of hydrogen-bond acceptors (Lipinski definition) is 18. The van der Waals surface area contributed by atoms with E-state index >= 15 is 0 Å². The molecule has 0 unspecified atom stereocenters. The molecule has 0 aromatic heterocycles. The molecule has 18 nitrogen and oxygen atoms in total. The van der Waals surface area contributed by atoms with Gasteiger partial charge in [0, 0.05) is 51.4 Å². The zero-order valence-corrected chi connectivity index (χ0v) is 55.0. The summed E-state index contributed by atoms with van der Waals surface area (Å²) >= 11 is 0. The lowest BCUT2D eigenvalue weighted by molar-refractivity contribution is -0.546. The van der Waals surface area contributed by atoms with Gasteiger partial charge in [-0.05, 0) is 267 Å². The van der Waals surface area contributed by atoms with Gasteiger partial charge in [-0.3, -0.25) is 0 Å². The predicted molar refractivity (Wildman–Crippen MR) is 302 cm³/mol. The van der Waals surface area contributed by atoms with Crippen molar-refractivity contribution in [3.05, 3.63) is 0 Å². The summed E-state index contributed by atoms with van der Waals surface area (Å²) in [5.74, 6) is -3.06. The maximum absolute atomic E-state index is 6.95. The third kappa shape index (κ3) is 29.1. The first-order valence-electron chi connectivity index (χ1n) is 30.6. The molecule has 0 spiro atoms. The standard InChI is InChI=1S/C62H118O18/c1-51(2,3)65-73-59(74-66-52(4,5)6)33-25-45(26-34-59)41-49(42-46-27-35-60(36-28-46,75-67-53(7,8)9)76-68-54(10,11)12)63-64-50(43-47-29-37-61(38-30-47,77-69-55(13,14)15)78-70-56(16,17)18)44-48-31-39-62(40-32-48,79-71-57(19,20)21)80-72-58(22,23)24/h45-50H,25-44H2,1-24H3. The Morgan fingerprint density at radius 1 is 0.237 bits per heavy atom. The molecule has 80 heavy (non-hydrogen) atoms. The van der Waals surface area contributed by atoms with Crippen molar-refractivity contribution in [1.82, 2.24) is 0 Å². The Morgan fingerprint density at radius 2 is 0.362 bits per heavy atom. The second kappa shape index (κ2) is 28.9. The minimum absolute atomic E-state index is 0.223. The Bertz CT molecular complexity index is 1410. The van der Waals surface area contributed by atoms with Crippen LogP contribution in [0.1, 0.15) is 295 Å². The largest absolute Gasteiger partial charge is 0.234 e. The fraction of sp³-hybridized carbons (Fsp3) is 1.00. The van der Waals surface area contributed by atoms with Gasteiger partial charge in [0.25, 0.3) is 0 Å². The molecule has 474 valence electrons. The van der Waals surface area contributed by atoms with E-state index < -0.39 is 68.0 Å². The fourth-order valence-corrected chi connectivity index (χ4v) is 9.74. The zero-order chi connectivity index (χ0) is 60.3. The molecular weight excluding hydrogens is 1030 g/mol. The molecule has 0 heterocycles. The van der Waals surface area contributed by atoms with Crippen molar-refractivity contribution in [2.45, 2.75) is 375 Å². The molecule has 4 rings (SSSR count). The Morgan fingerprint density at radius 3 is 0.475 bits per heavy atom. The zero-order valence-electron chi connectivity index (χ0n) is 55.0. The van der Waals surface area contributed by atoms with Crippen LogP contribution >= 0.6 is 0 Å². The van der Waals surface area contributed by atoms with Crippen LogP contribution in [0.4, 0.5) is 0 Å². The summed E-state index contributed by atoms with van der Waals surface area (Å²) in [5.41, 5.74) is -4.33. The molecule has 0 aromatic rings. The highest BCUT2D eigenvalue weighted by molar-refractivity contribution is 4.87. The van der Waals surface area contributed by atoms with Gasteiger partial charge in [0.1, 0.15) is 0 Å². The van der Waals surface area contributed by atoms with Gasteiger partial charge in [0.05, 0.1) is 57.0 Å². The van der Waals surface area contributed by atoms with Crippen LogP contribution in [-0.4, -0.2) is 80.2 Å². The van der Waals surface area contributed by atoms with Gasteiger partial charge in [0.2, 0.25) is 23.1 Å². The minimum atomic E-state index is -1.05. The van der Waals surface area contributed by atoms with E-state index in [1.54, 1.807) is 0 Å². The fourth-order valence-electron chi connectivity index (χ4n) is 9.74. The maximum atomic E-state index is 6.95. The van der Waals surface area contributed by atoms with Crippen LogP contribution in [0.25, 0.3) is 0 Å². The normalized spacial score (nSPS) is 22.0. The summed E-state index contributed by atoms with van der Waals surface area (Å²) in [6.45, 7) is 47.0. The third-order valence-electron chi connectivity index (χ3n) is 13.7. The molecule has 0 N–H and O–H groups in total. The minimum Gasteiger partial charge on any atom is -0.233 e. The lowest BCUT2D eigenvalue weighted by Gasteiger charge is -2.42. The van der Waals surface area contributed by atoms with Crippen LogP contribution < -0.4 is 0 Å². The molecule has 4 aliphatic carbocycles. The topological polar surface area (TPSA) is 166 Å². The van der Waals surface area contributed by atoms with Gasteiger partial charge in [-0.15, -0.1) is 0 Å². The van der Waals surface area contributed by atoms with Crippen LogP contribution in [0.5, 0.6) is 0 Å². The Labute approximate surface area is 484 Å². The Balaban J connectivity index is 1.62. The van der Waals surface area contributed by atoms with E-state index in [4.69, 9.17) is 88.0 Å². The third-order valence-corrected chi connectivity index (χ3v) is 13.7. The molecule has 0 radical (unpaired) electrons. The second-order valence-electron chi connectivity index (χ2n) is 32.0. The first-order valence-corrected chi connectivity index (χ1v) is 30.6. The van der Waals surface area contributed by atoms with Gasteiger partial charge in [-0.25, -0.2) is 48.9 Å². The Hall–Kier alpha value is -0.720. The Kier molecular flexibility index (Phi) is 25.9. The average Bonchev–Trinajstić information content (AvgIpc) is 3.31. The highest BCUT2D eigenvalue weighted by Crippen LogP contribution is 2.46. The van der Waals surface area contributed by atoms with Crippen molar-refractivity contribution in [2.24, 2.45) is 23.7 Å². The summed E-state index contributed by atoms with van der Waals surface area (Å²) in [7, 11) is 0. The van der Waals surface area contributed by atoms with Gasteiger partial charge in [0.15, 0.2) is 0 Å². The van der Waals surface area contributed by atoms with Crippen molar-refractivity contribution < 1.29 is 88.0 Å². The number of rotatable bonds is 27. The van der Waals surface area contributed by atoms with Gasteiger partial charge >= 0.3 is 0 Å². The molecule has 4 saturated carbocycles. The van der Waals surface area contributed by atoms with Gasteiger partial charge in [-0.2, -0.15) is 39.1 Å². The number of hydrogen-bond donors (Lipinski definition) is 0. The van der Waals surface area contributed by atoms with Crippen LogP contribution in [0.15, 0.2) is 0 Å². The van der Waals surface area contributed by atoms with Crippen LogP contribution in [0.2, 0.25) is 0 Å². The molecule has 0 amide bonds. The van der Waals surface area contributed by atoms with Crippen LogP contribution in [-0.2, 0) is 88.0 Å². The summed E-state index contributed by atoms with van der Waals surface area (Å²) in [6.07, 6.45) is 13.8. The first-order chi connectivity index (χ1) is 36.3. The van der Waals surface area contributed by atoms with Crippen molar-refractivity contribution >= 4 is 0 Å². The average molecular weight is 1150 g/mol. The molecule has 0 aliphatic heterocycles. The highest BCUT2D eigenvalue weighted by atomic mass is 17.3. The lowest BCUT2D eigenvalue weighted by Crippen LogP contribution is -2.45. The van der Waals surface area contributed by atoms with E-state index in [9.17, 15) is 0 Å². The summed E-state index contributed by atoms with van der Waals surface area (Å²) in [5, 5.41) is 0. The molecule has 0 saturated heterocycles. The highest BCUT2D eigenvalue weighted by Gasteiger charge is 2.48. The monoisotopic (exact) mass is 1150 g/mol. The lowest BCUT2D eigenvalue weighted by atomic mass is 9.78. The van der Waals surface area contributed by atoms with Crippen LogP contribution in [0.3, 0.4) is 0 Å². The summed E-state index contributed by atoms with van der Waals surface area (Å²) < 4.78 is 0. The first kappa shape index (κ1) is 71.8. The molecule has 4 fully saturated rings. The van der Waals surface area contributed by atoms with Crippen molar-refractivity contribution in [1.29, 1.82) is 0 Å². The molecular formula is C62H118O18. The second-order valence-corrected chi connectivity index (χ2v) is 32.0. The molecule has 18 heteroatoms. The quantitative estimate of drug-likeness (QED) is 0.0432. The summed E-state index contributed by atoms with van der Waals surface area (Å²) in [4.78, 5) is 111. The van der Waals surface area contributed by atoms with E-state index in [-0.39, 0.29) is 35.9 Å². The molecule has 0 bridgehead atoms. The van der Waals surface area contributed by atoms with Gasteiger partial charge in [-0.1, -0.05) is 0 Å². The van der Waals surface area contributed by atoms with E-state index in [0.717, 1.165) is 77.0 Å². The van der Waals surface area contributed by atoms with E-state index in [2.05, 4.69) is 0 Å². The van der Waals surface area contributed by atoms with Gasteiger partial charge < -0.3 is 0 Å². The SMILES string of the molecule is CC(C)(C)OOC1(OOC(C)(C)C)CCC(CC(CC2CCC(OOC(C)(C)C)(OOC(C)(C)C)CC2)OOC(CC2CCC(OOC(C)(C)C)(OOC(C)(C)C)CC2)CC2CCC(OOC(C)(C)C)(OOC(C)(C)C)CC2)CC1. The van der Waals surface area contributed by atoms with Crippen molar-refractivity contribution in [3.63, 3.8) is 0 Å². The summed E-state index contributed by atoms with van der Waals surface area (Å²) in [6, 6.07) is 0.